The summed E-state index contributed by atoms with van der Waals surface area (Å²) in [6.45, 7) is 0. The molecule has 0 aliphatic rings. The summed E-state index contributed by atoms with van der Waals surface area (Å²) in [5, 5.41) is 17.3. The molecule has 7 nitrogen and oxygen atoms in total. The van der Waals surface area contributed by atoms with Gasteiger partial charge in [0.05, 0.1) is 12.0 Å². The topological polar surface area (TPSA) is 91.3 Å². The molecular weight excluding hydrogens is 190 g/mol. The highest BCUT2D eigenvalue weighted by atomic mass is 16.6. The molecule has 0 fully saturated rings. The maximum absolute atomic E-state index is 10.6. The first-order valence-corrected chi connectivity index (χ1v) is 3.67. The van der Waals surface area contributed by atoms with Crippen LogP contribution in [0.2, 0.25) is 0 Å². The third-order valence-corrected chi connectivity index (χ3v) is 1.76. The lowest BCUT2D eigenvalue weighted by atomic mass is 10.2. The van der Waals surface area contributed by atoms with Crippen LogP contribution >= 0.6 is 0 Å². The van der Waals surface area contributed by atoms with Crippen LogP contribution in [0, 0.1) is 10.1 Å². The van der Waals surface area contributed by atoms with Gasteiger partial charge < -0.3 is 9.26 Å². The molecule has 0 saturated heterocycles. The van der Waals surface area contributed by atoms with Crippen LogP contribution in [0.4, 0.5) is 5.69 Å². The molecule has 1 heterocycles. The second kappa shape index (κ2) is 2.95. The fraction of sp³-hybridized carbons (Fsp3) is 0.143. The zero-order chi connectivity index (χ0) is 10.1. The van der Waals surface area contributed by atoms with Gasteiger partial charge in [-0.15, -0.1) is 5.10 Å². The third-order valence-electron chi connectivity index (χ3n) is 1.76. The molecule has 2 aromatic rings. The first-order chi connectivity index (χ1) is 6.74. The first-order valence-electron chi connectivity index (χ1n) is 3.67. The highest BCUT2D eigenvalue weighted by Crippen LogP contribution is 2.30. The van der Waals surface area contributed by atoms with E-state index < -0.39 is 4.92 Å². The number of aromatic nitrogens is 2. The van der Waals surface area contributed by atoms with E-state index in [4.69, 9.17) is 9.26 Å². The highest BCUT2D eigenvalue weighted by Gasteiger charge is 2.19. The Balaban J connectivity index is 2.78. The molecule has 0 atom stereocenters. The second-order valence-corrected chi connectivity index (χ2v) is 2.49. The maximum Gasteiger partial charge on any atom is 0.301 e. The van der Waals surface area contributed by atoms with Gasteiger partial charge in [0.25, 0.3) is 0 Å². The molecular formula is C7H5N3O4. The molecule has 0 bridgehead atoms. The lowest BCUT2D eigenvalue weighted by molar-refractivity contribution is -0.383. The van der Waals surface area contributed by atoms with Gasteiger partial charge >= 0.3 is 5.69 Å². The number of benzene rings is 1. The van der Waals surface area contributed by atoms with Crippen molar-refractivity contribution in [3.8, 4) is 5.75 Å². The van der Waals surface area contributed by atoms with Crippen LogP contribution in [0.5, 0.6) is 5.75 Å². The van der Waals surface area contributed by atoms with Crippen molar-refractivity contribution < 1.29 is 14.2 Å². The van der Waals surface area contributed by atoms with E-state index in [1.54, 1.807) is 0 Å². The number of hydrogen-bond donors (Lipinski definition) is 0. The normalized spacial score (nSPS) is 10.4. The summed E-state index contributed by atoms with van der Waals surface area (Å²) in [6.07, 6.45) is 0. The maximum atomic E-state index is 10.6. The van der Waals surface area contributed by atoms with Crippen molar-refractivity contribution in [3.63, 3.8) is 0 Å². The Bertz CT molecular complexity index is 493. The standard InChI is InChI=1S/C7H5N3O4/c1-13-5-3-2-4(10(11)12)6-7(5)14-9-8-6/h2-3H,1H3. The van der Waals surface area contributed by atoms with Gasteiger partial charge in [-0.3, -0.25) is 10.1 Å². The Labute approximate surface area is 77.4 Å². The lowest BCUT2D eigenvalue weighted by Crippen LogP contribution is -1.91. The van der Waals surface area contributed by atoms with E-state index in [0.29, 0.717) is 5.75 Å². The molecule has 1 aromatic heterocycles. The largest absolute Gasteiger partial charge is 0.493 e. The number of fused-ring (bicyclic) bond motifs is 1. The zero-order valence-electron chi connectivity index (χ0n) is 7.13. The van der Waals surface area contributed by atoms with Crippen molar-refractivity contribution in [2.45, 2.75) is 0 Å². The van der Waals surface area contributed by atoms with Crippen molar-refractivity contribution in [1.82, 2.24) is 10.4 Å². The van der Waals surface area contributed by atoms with E-state index >= 15 is 0 Å². The molecule has 0 spiro atoms. The summed E-state index contributed by atoms with van der Waals surface area (Å²) in [5.41, 5.74) is 0.123. The summed E-state index contributed by atoms with van der Waals surface area (Å²) in [4.78, 5) is 10.0. The Kier molecular flexibility index (Phi) is 1.77. The number of methoxy groups -OCH3 is 1. The molecule has 1 aromatic carbocycles. The minimum Gasteiger partial charge on any atom is -0.493 e. The number of nitro groups is 1. The number of nitro benzene ring substituents is 1. The SMILES string of the molecule is COc1ccc([N+](=O)[O-])c2nnoc12. The molecule has 72 valence electrons. The smallest absolute Gasteiger partial charge is 0.301 e. The third kappa shape index (κ3) is 1.06. The summed E-state index contributed by atoms with van der Waals surface area (Å²) < 4.78 is 9.66. The van der Waals surface area contributed by atoms with Gasteiger partial charge in [-0.2, -0.15) is 0 Å². The number of rotatable bonds is 2. The van der Waals surface area contributed by atoms with Gasteiger partial charge in [0.15, 0.2) is 5.75 Å². The van der Waals surface area contributed by atoms with Crippen LogP contribution < -0.4 is 4.74 Å². The fourth-order valence-corrected chi connectivity index (χ4v) is 1.14. The summed E-state index contributed by atoms with van der Waals surface area (Å²) in [5.74, 6) is 0.371. The molecule has 14 heavy (non-hydrogen) atoms. The minimum atomic E-state index is -0.550. The molecule has 0 unspecified atom stereocenters. The van der Waals surface area contributed by atoms with E-state index in [1.165, 1.54) is 19.2 Å². The van der Waals surface area contributed by atoms with Gasteiger partial charge in [-0.05, 0) is 6.07 Å². The van der Waals surface area contributed by atoms with Crippen LogP contribution in [0.15, 0.2) is 16.7 Å². The quantitative estimate of drug-likeness (QED) is 0.527. The first kappa shape index (κ1) is 8.42. The average molecular weight is 195 g/mol. The molecule has 0 aliphatic heterocycles. The van der Waals surface area contributed by atoms with Crippen LogP contribution in [0.1, 0.15) is 0 Å². The number of non-ortho nitro benzene ring substituents is 1. The van der Waals surface area contributed by atoms with Crippen molar-refractivity contribution in [3.05, 3.63) is 22.2 Å². The van der Waals surface area contributed by atoms with Crippen molar-refractivity contribution >= 4 is 16.8 Å². The molecule has 0 aliphatic carbocycles. The average Bonchev–Trinajstić information content (AvgIpc) is 2.64. The van der Waals surface area contributed by atoms with Gasteiger partial charge in [-0.25, -0.2) is 0 Å². The number of nitrogens with zero attached hydrogens (tertiary/aromatic N) is 3. The van der Waals surface area contributed by atoms with Gasteiger partial charge in [-0.1, -0.05) is 0 Å². The van der Waals surface area contributed by atoms with E-state index in [2.05, 4.69) is 10.4 Å². The Morgan fingerprint density at radius 2 is 2.36 bits per heavy atom. The van der Waals surface area contributed by atoms with E-state index in [1.807, 2.05) is 0 Å². The summed E-state index contributed by atoms with van der Waals surface area (Å²) >= 11 is 0. The predicted octanol–water partition coefficient (Wildman–Crippen LogP) is 1.14. The number of hydrogen-bond acceptors (Lipinski definition) is 6. The van der Waals surface area contributed by atoms with E-state index in [-0.39, 0.29) is 16.8 Å². The molecule has 0 saturated carbocycles. The van der Waals surface area contributed by atoms with Crippen molar-refractivity contribution in [2.75, 3.05) is 7.11 Å². The number of ether oxygens (including phenoxy) is 1. The lowest BCUT2D eigenvalue weighted by Gasteiger charge is -1.97. The van der Waals surface area contributed by atoms with E-state index in [9.17, 15) is 10.1 Å². The Hall–Kier alpha value is -2.18. The van der Waals surface area contributed by atoms with Crippen LogP contribution in [0.3, 0.4) is 0 Å². The van der Waals surface area contributed by atoms with Crippen LogP contribution in [-0.2, 0) is 0 Å². The summed E-state index contributed by atoms with van der Waals surface area (Å²) in [7, 11) is 1.43. The Morgan fingerprint density at radius 3 is 3.00 bits per heavy atom. The monoisotopic (exact) mass is 195 g/mol. The second-order valence-electron chi connectivity index (χ2n) is 2.49. The fourth-order valence-electron chi connectivity index (χ4n) is 1.14. The van der Waals surface area contributed by atoms with Gasteiger partial charge in [0.1, 0.15) is 0 Å². The predicted molar refractivity (Wildman–Crippen MR) is 45.0 cm³/mol. The molecule has 0 N–H and O–H groups in total. The summed E-state index contributed by atoms with van der Waals surface area (Å²) in [6, 6.07) is 2.73. The van der Waals surface area contributed by atoms with Gasteiger partial charge in [0.2, 0.25) is 11.1 Å². The van der Waals surface area contributed by atoms with Crippen LogP contribution in [-0.4, -0.2) is 22.4 Å². The minimum absolute atomic E-state index is 0.0920. The van der Waals surface area contributed by atoms with E-state index in [0.717, 1.165) is 0 Å². The molecule has 0 amide bonds. The molecule has 7 heteroatoms. The van der Waals surface area contributed by atoms with Gasteiger partial charge in [0, 0.05) is 11.3 Å². The Morgan fingerprint density at radius 1 is 1.57 bits per heavy atom. The molecule has 2 rings (SSSR count). The molecule has 0 radical (unpaired) electrons. The highest BCUT2D eigenvalue weighted by molar-refractivity contribution is 5.86. The van der Waals surface area contributed by atoms with Crippen LogP contribution in [0.25, 0.3) is 11.1 Å². The van der Waals surface area contributed by atoms with Crippen molar-refractivity contribution in [1.29, 1.82) is 0 Å². The van der Waals surface area contributed by atoms with Crippen molar-refractivity contribution in [2.24, 2.45) is 0 Å². The zero-order valence-corrected chi connectivity index (χ0v) is 7.13.